The predicted octanol–water partition coefficient (Wildman–Crippen LogP) is 3.43. The van der Waals surface area contributed by atoms with Crippen molar-refractivity contribution in [2.45, 2.75) is 13.0 Å². The van der Waals surface area contributed by atoms with E-state index in [1.54, 1.807) is 38.5 Å². The smallest absolute Gasteiger partial charge is 0.322 e. The minimum Gasteiger partial charge on any atom is -0.328 e. The highest BCUT2D eigenvalue weighted by Gasteiger charge is 2.22. The normalized spacial score (nSPS) is 12.0. The molecule has 8 heteroatoms. The molecule has 1 aromatic carbocycles. The van der Waals surface area contributed by atoms with Crippen molar-refractivity contribution >= 4 is 22.5 Å². The number of aromatic amines is 1. The number of nitrogens with zero attached hydrogens (tertiary/aromatic N) is 2. The van der Waals surface area contributed by atoms with Crippen LogP contribution in [0.15, 0.2) is 47.7 Å². The minimum absolute atomic E-state index is 0.253. The molecule has 0 aliphatic carbocycles. The molecule has 0 saturated carbocycles. The maximum atomic E-state index is 14.1. The number of urea groups is 1. The van der Waals surface area contributed by atoms with E-state index < -0.39 is 29.3 Å². The molecule has 0 spiro atoms. The van der Waals surface area contributed by atoms with Crippen LogP contribution in [0.3, 0.4) is 0 Å². The van der Waals surface area contributed by atoms with Crippen LogP contribution in [0.4, 0.5) is 19.3 Å². The van der Waals surface area contributed by atoms with Gasteiger partial charge in [-0.25, -0.2) is 13.6 Å². The van der Waals surface area contributed by atoms with Crippen molar-refractivity contribution in [3.05, 3.63) is 70.4 Å². The zero-order chi connectivity index (χ0) is 18.8. The monoisotopic (exact) mass is 358 g/mol. The molecule has 0 fully saturated rings. The Morgan fingerprint density at radius 3 is 2.62 bits per heavy atom. The Kier molecular flexibility index (Phi) is 4.66. The van der Waals surface area contributed by atoms with Gasteiger partial charge in [0.1, 0.15) is 0 Å². The van der Waals surface area contributed by atoms with Gasteiger partial charge in [0.2, 0.25) is 0 Å². The van der Waals surface area contributed by atoms with E-state index in [4.69, 9.17) is 0 Å². The fraction of sp³-hybridized carbons (Fsp3) is 0.167. The summed E-state index contributed by atoms with van der Waals surface area (Å²) in [6, 6.07) is 4.67. The highest BCUT2D eigenvalue weighted by Crippen LogP contribution is 2.27. The summed E-state index contributed by atoms with van der Waals surface area (Å²) >= 11 is 0. The Morgan fingerprint density at radius 1 is 1.23 bits per heavy atom. The first-order chi connectivity index (χ1) is 12.4. The van der Waals surface area contributed by atoms with Gasteiger partial charge in [0.15, 0.2) is 11.6 Å². The van der Waals surface area contributed by atoms with E-state index in [2.05, 4.69) is 15.3 Å². The van der Waals surface area contributed by atoms with E-state index in [1.807, 2.05) is 0 Å². The Hall–Kier alpha value is -3.29. The standard InChI is InChI=1S/C18H16F2N4O2/c1-10(24(2)18(26)23-11-5-7-21-8-6-11)13-9-22-17(25)15-12(13)3-4-14(19)16(15)20/h3-10H,1-2H3,(H,22,25)(H,21,23,26)/t10-/m1/s1. The zero-order valence-corrected chi connectivity index (χ0v) is 14.1. The van der Waals surface area contributed by atoms with E-state index in [9.17, 15) is 18.4 Å². The third kappa shape index (κ3) is 3.13. The van der Waals surface area contributed by atoms with E-state index in [0.717, 1.165) is 6.07 Å². The number of hydrogen-bond acceptors (Lipinski definition) is 3. The highest BCUT2D eigenvalue weighted by atomic mass is 19.2. The van der Waals surface area contributed by atoms with Crippen molar-refractivity contribution < 1.29 is 13.6 Å². The van der Waals surface area contributed by atoms with Gasteiger partial charge in [-0.15, -0.1) is 0 Å². The third-order valence-corrected chi connectivity index (χ3v) is 4.27. The van der Waals surface area contributed by atoms with Gasteiger partial charge in [-0.3, -0.25) is 9.78 Å². The molecule has 2 amide bonds. The number of H-pyrrole nitrogens is 1. The molecule has 0 saturated heterocycles. The maximum absolute atomic E-state index is 14.1. The largest absolute Gasteiger partial charge is 0.328 e. The Labute approximate surface area is 147 Å². The quantitative estimate of drug-likeness (QED) is 0.753. The van der Waals surface area contributed by atoms with Crippen molar-refractivity contribution in [1.82, 2.24) is 14.9 Å². The molecule has 3 rings (SSSR count). The summed E-state index contributed by atoms with van der Waals surface area (Å²) in [4.78, 5) is 32.0. The van der Waals surface area contributed by atoms with E-state index in [0.29, 0.717) is 11.3 Å². The number of aromatic nitrogens is 2. The number of halogens is 2. The molecule has 1 atom stereocenters. The average Bonchev–Trinajstić information content (AvgIpc) is 2.64. The summed E-state index contributed by atoms with van der Waals surface area (Å²) in [6.45, 7) is 1.72. The first-order valence-corrected chi connectivity index (χ1v) is 7.83. The molecule has 0 bridgehead atoms. The van der Waals surface area contributed by atoms with E-state index >= 15 is 0 Å². The number of pyridine rings is 2. The summed E-state index contributed by atoms with van der Waals surface area (Å²) < 4.78 is 27.5. The van der Waals surface area contributed by atoms with Crippen molar-refractivity contribution in [3.8, 4) is 0 Å². The number of amides is 2. The Bertz CT molecular complexity index is 1020. The summed E-state index contributed by atoms with van der Waals surface area (Å²) in [7, 11) is 1.57. The van der Waals surface area contributed by atoms with Gasteiger partial charge in [0.25, 0.3) is 5.56 Å². The molecule has 134 valence electrons. The Morgan fingerprint density at radius 2 is 1.92 bits per heavy atom. The maximum Gasteiger partial charge on any atom is 0.322 e. The fourth-order valence-corrected chi connectivity index (χ4v) is 2.68. The summed E-state index contributed by atoms with van der Waals surface area (Å²) in [5.41, 5.74) is 0.339. The molecule has 0 aliphatic rings. The SMILES string of the molecule is C[C@H](c1c[nH]c(=O)c2c(F)c(F)ccc12)N(C)C(=O)Nc1ccncc1. The fourth-order valence-electron chi connectivity index (χ4n) is 2.68. The van der Waals surface area contributed by atoms with Crippen molar-refractivity contribution in [3.63, 3.8) is 0 Å². The lowest BCUT2D eigenvalue weighted by Crippen LogP contribution is -2.34. The number of hydrogen-bond donors (Lipinski definition) is 2. The summed E-state index contributed by atoms with van der Waals surface area (Å²) in [5.74, 6) is -2.31. The van der Waals surface area contributed by atoms with E-state index in [1.165, 1.54) is 17.2 Å². The molecular formula is C18H16F2N4O2. The van der Waals surface area contributed by atoms with Crippen LogP contribution in [0.1, 0.15) is 18.5 Å². The number of carbonyl (C=O) groups is 1. The number of nitrogens with one attached hydrogen (secondary N) is 2. The summed E-state index contributed by atoms with van der Waals surface area (Å²) in [5, 5.41) is 2.60. The Balaban J connectivity index is 1.96. The molecule has 2 aromatic heterocycles. The summed E-state index contributed by atoms with van der Waals surface area (Å²) in [6.07, 6.45) is 4.50. The van der Waals surface area contributed by atoms with Gasteiger partial charge in [-0.05, 0) is 36.1 Å². The molecule has 0 aliphatic heterocycles. The molecular weight excluding hydrogens is 342 g/mol. The van der Waals surface area contributed by atoms with Crippen LogP contribution in [-0.4, -0.2) is 27.9 Å². The third-order valence-electron chi connectivity index (χ3n) is 4.27. The first-order valence-electron chi connectivity index (χ1n) is 7.83. The van der Waals surface area contributed by atoms with Crippen LogP contribution < -0.4 is 10.9 Å². The van der Waals surface area contributed by atoms with Crippen LogP contribution in [-0.2, 0) is 0 Å². The van der Waals surface area contributed by atoms with Gasteiger partial charge in [0.05, 0.1) is 11.4 Å². The lowest BCUT2D eigenvalue weighted by Gasteiger charge is -2.26. The zero-order valence-electron chi connectivity index (χ0n) is 14.1. The minimum atomic E-state index is -1.21. The number of anilines is 1. The van der Waals surface area contributed by atoms with Gasteiger partial charge in [-0.2, -0.15) is 0 Å². The van der Waals surface area contributed by atoms with Crippen LogP contribution in [0.2, 0.25) is 0 Å². The predicted molar refractivity (Wildman–Crippen MR) is 93.9 cm³/mol. The van der Waals surface area contributed by atoms with Crippen molar-refractivity contribution in [2.24, 2.45) is 0 Å². The number of rotatable bonds is 3. The molecule has 3 aromatic rings. The number of benzene rings is 1. The molecule has 2 heterocycles. The van der Waals surface area contributed by atoms with Gasteiger partial charge in [0, 0.05) is 31.3 Å². The first kappa shape index (κ1) is 17.5. The number of carbonyl (C=O) groups excluding carboxylic acids is 1. The lowest BCUT2D eigenvalue weighted by atomic mass is 10.0. The highest BCUT2D eigenvalue weighted by molar-refractivity contribution is 5.90. The second kappa shape index (κ2) is 6.91. The molecule has 26 heavy (non-hydrogen) atoms. The molecule has 0 radical (unpaired) electrons. The molecule has 6 nitrogen and oxygen atoms in total. The second-order valence-electron chi connectivity index (χ2n) is 5.81. The van der Waals surface area contributed by atoms with Gasteiger partial charge in [-0.1, -0.05) is 6.07 Å². The van der Waals surface area contributed by atoms with Crippen molar-refractivity contribution in [1.29, 1.82) is 0 Å². The van der Waals surface area contributed by atoms with Crippen LogP contribution >= 0.6 is 0 Å². The molecule has 2 N–H and O–H groups in total. The van der Waals surface area contributed by atoms with Crippen LogP contribution in [0.5, 0.6) is 0 Å². The van der Waals surface area contributed by atoms with E-state index in [-0.39, 0.29) is 10.8 Å². The van der Waals surface area contributed by atoms with Crippen molar-refractivity contribution in [2.75, 3.05) is 12.4 Å². The molecule has 0 unspecified atom stereocenters. The van der Waals surface area contributed by atoms with Gasteiger partial charge < -0.3 is 15.2 Å². The average molecular weight is 358 g/mol. The van der Waals surface area contributed by atoms with Crippen LogP contribution in [0, 0.1) is 11.6 Å². The van der Waals surface area contributed by atoms with Gasteiger partial charge >= 0.3 is 6.03 Å². The lowest BCUT2D eigenvalue weighted by molar-refractivity contribution is 0.208. The second-order valence-corrected chi connectivity index (χ2v) is 5.81. The topological polar surface area (TPSA) is 78.1 Å². The number of fused-ring (bicyclic) bond motifs is 1. The van der Waals surface area contributed by atoms with Crippen LogP contribution in [0.25, 0.3) is 10.8 Å².